The van der Waals surface area contributed by atoms with Gasteiger partial charge < -0.3 is 10.1 Å². The Morgan fingerprint density at radius 3 is 2.33 bits per heavy atom. The summed E-state index contributed by atoms with van der Waals surface area (Å²) in [7, 11) is 3.35. The molecule has 1 amide bonds. The zero-order chi connectivity index (χ0) is 19.6. The Morgan fingerprint density at radius 1 is 1.07 bits per heavy atom. The van der Waals surface area contributed by atoms with Gasteiger partial charge in [-0.05, 0) is 29.8 Å². The van der Waals surface area contributed by atoms with Crippen LogP contribution in [0.5, 0.6) is 5.75 Å². The predicted octanol–water partition coefficient (Wildman–Crippen LogP) is 2.44. The number of nitrogens with one attached hydrogen (secondary N) is 1. The third kappa shape index (κ3) is 3.74. The Kier molecular flexibility index (Phi) is 5.08. The van der Waals surface area contributed by atoms with Gasteiger partial charge in [0.2, 0.25) is 5.91 Å². The van der Waals surface area contributed by atoms with Crippen molar-refractivity contribution >= 4 is 16.9 Å². The summed E-state index contributed by atoms with van der Waals surface area (Å²) in [5.74, 6) is 0.615. The number of benzene rings is 2. The number of rotatable bonds is 6. The summed E-state index contributed by atoms with van der Waals surface area (Å²) < 4.78 is 8.26. The molecule has 0 aliphatic carbocycles. The van der Waals surface area contributed by atoms with Gasteiger partial charge >= 0.3 is 5.69 Å². The maximum absolute atomic E-state index is 12.5. The van der Waals surface area contributed by atoms with Crippen LogP contribution in [0, 0.1) is 0 Å². The molecule has 0 unspecified atom stereocenters. The number of carbonyl (C=O) groups is 1. The van der Waals surface area contributed by atoms with E-state index in [1.165, 1.54) is 4.57 Å². The van der Waals surface area contributed by atoms with Gasteiger partial charge in [-0.2, -0.15) is 0 Å². The molecule has 2 aromatic carbocycles. The van der Waals surface area contributed by atoms with Crippen molar-refractivity contribution in [2.24, 2.45) is 7.05 Å². The summed E-state index contributed by atoms with van der Waals surface area (Å²) >= 11 is 0. The Bertz CT molecular complexity index is 1010. The van der Waals surface area contributed by atoms with Crippen molar-refractivity contribution in [1.82, 2.24) is 14.5 Å². The van der Waals surface area contributed by atoms with Gasteiger partial charge in [0.15, 0.2) is 0 Å². The zero-order valence-corrected chi connectivity index (χ0v) is 16.2. The molecular weight excluding hydrogens is 342 g/mol. The Balaban J connectivity index is 1.71. The Labute approximate surface area is 158 Å². The third-order valence-corrected chi connectivity index (χ3v) is 4.95. The molecule has 3 rings (SSSR count). The summed E-state index contributed by atoms with van der Waals surface area (Å²) in [5, 5.41) is 2.96. The van der Waals surface area contributed by atoms with E-state index in [-0.39, 0.29) is 23.6 Å². The molecule has 6 nitrogen and oxygen atoms in total. The second kappa shape index (κ2) is 7.31. The van der Waals surface area contributed by atoms with Crippen LogP contribution in [0.25, 0.3) is 11.0 Å². The van der Waals surface area contributed by atoms with Crippen LogP contribution in [0.2, 0.25) is 0 Å². The molecule has 0 atom stereocenters. The lowest BCUT2D eigenvalue weighted by Crippen LogP contribution is -2.39. The summed E-state index contributed by atoms with van der Waals surface area (Å²) in [6.45, 7) is 4.61. The van der Waals surface area contributed by atoms with Crippen molar-refractivity contribution in [2.45, 2.75) is 25.8 Å². The number of amides is 1. The molecule has 0 radical (unpaired) electrons. The van der Waals surface area contributed by atoms with E-state index in [0.29, 0.717) is 6.54 Å². The highest BCUT2D eigenvalue weighted by molar-refractivity contribution is 5.80. The maximum atomic E-state index is 12.5. The summed E-state index contributed by atoms with van der Waals surface area (Å²) in [4.78, 5) is 24.9. The fourth-order valence-electron chi connectivity index (χ4n) is 3.18. The molecule has 0 saturated heterocycles. The van der Waals surface area contributed by atoms with Crippen molar-refractivity contribution in [3.63, 3.8) is 0 Å². The molecule has 142 valence electrons. The van der Waals surface area contributed by atoms with E-state index >= 15 is 0 Å². The van der Waals surface area contributed by atoms with Gasteiger partial charge in [0.05, 0.1) is 18.1 Å². The second-order valence-corrected chi connectivity index (χ2v) is 7.31. The van der Waals surface area contributed by atoms with Crippen LogP contribution in [0.3, 0.4) is 0 Å². The van der Waals surface area contributed by atoms with Gasteiger partial charge in [0, 0.05) is 19.0 Å². The number of hydrogen-bond donors (Lipinski definition) is 1. The molecule has 1 heterocycles. The smallest absolute Gasteiger partial charge is 0.329 e. The van der Waals surface area contributed by atoms with Crippen molar-refractivity contribution in [3.8, 4) is 5.75 Å². The van der Waals surface area contributed by atoms with Gasteiger partial charge in [-0.1, -0.05) is 38.1 Å². The van der Waals surface area contributed by atoms with Crippen molar-refractivity contribution in [1.29, 1.82) is 0 Å². The Morgan fingerprint density at radius 2 is 1.70 bits per heavy atom. The van der Waals surface area contributed by atoms with Crippen molar-refractivity contribution in [3.05, 3.63) is 64.6 Å². The number of imidazole rings is 1. The molecular formula is C21H25N3O3. The second-order valence-electron chi connectivity index (χ2n) is 7.31. The summed E-state index contributed by atoms with van der Waals surface area (Å²) in [6, 6.07) is 15.3. The van der Waals surface area contributed by atoms with Gasteiger partial charge in [0.25, 0.3) is 0 Å². The lowest BCUT2D eigenvalue weighted by atomic mass is 9.84. The van der Waals surface area contributed by atoms with Crippen LogP contribution in [-0.4, -0.2) is 28.7 Å². The van der Waals surface area contributed by atoms with Gasteiger partial charge in [-0.25, -0.2) is 4.79 Å². The quantitative estimate of drug-likeness (QED) is 0.728. The van der Waals surface area contributed by atoms with Crippen molar-refractivity contribution < 1.29 is 9.53 Å². The van der Waals surface area contributed by atoms with E-state index in [1.54, 1.807) is 18.7 Å². The highest BCUT2D eigenvalue weighted by atomic mass is 16.5. The topological polar surface area (TPSA) is 65.3 Å². The first kappa shape index (κ1) is 18.8. The molecule has 0 aliphatic heterocycles. The van der Waals surface area contributed by atoms with Gasteiger partial charge in [0.1, 0.15) is 12.3 Å². The molecule has 0 aliphatic rings. The molecule has 3 aromatic rings. The van der Waals surface area contributed by atoms with E-state index in [4.69, 9.17) is 4.74 Å². The third-order valence-electron chi connectivity index (χ3n) is 4.95. The molecule has 6 heteroatoms. The first-order valence-corrected chi connectivity index (χ1v) is 8.89. The number of carbonyl (C=O) groups excluding carboxylic acids is 1. The molecule has 0 saturated carbocycles. The fraction of sp³-hybridized carbons (Fsp3) is 0.333. The molecule has 0 bridgehead atoms. The highest BCUT2D eigenvalue weighted by Gasteiger charge is 2.22. The van der Waals surface area contributed by atoms with E-state index in [0.717, 1.165) is 22.3 Å². The minimum Gasteiger partial charge on any atom is -0.497 e. The fourth-order valence-corrected chi connectivity index (χ4v) is 3.18. The normalized spacial score (nSPS) is 11.6. The lowest BCUT2D eigenvalue weighted by Gasteiger charge is -2.26. The number of aryl methyl sites for hydroxylation is 1. The first-order valence-electron chi connectivity index (χ1n) is 8.89. The largest absolute Gasteiger partial charge is 0.497 e. The number of para-hydroxylation sites is 2. The molecule has 1 aromatic heterocycles. The number of aromatic nitrogens is 2. The summed E-state index contributed by atoms with van der Waals surface area (Å²) in [6.07, 6.45) is 0. The predicted molar refractivity (Wildman–Crippen MR) is 106 cm³/mol. The Hall–Kier alpha value is -3.02. The van der Waals surface area contributed by atoms with Crippen LogP contribution < -0.4 is 15.7 Å². The van der Waals surface area contributed by atoms with Crippen molar-refractivity contribution in [2.75, 3.05) is 13.7 Å². The first-order chi connectivity index (χ1) is 12.8. The SMILES string of the molecule is COc1ccc(C(C)(C)CNC(=O)Cn2c(=O)n(C)c3ccccc32)cc1. The number of fused-ring (bicyclic) bond motifs is 1. The molecule has 0 spiro atoms. The average Bonchev–Trinajstić information content (AvgIpc) is 2.92. The van der Waals surface area contributed by atoms with E-state index in [2.05, 4.69) is 19.2 Å². The lowest BCUT2D eigenvalue weighted by molar-refractivity contribution is -0.121. The number of nitrogens with zero attached hydrogens (tertiary/aromatic N) is 2. The number of ether oxygens (including phenoxy) is 1. The van der Waals surface area contributed by atoms with E-state index in [9.17, 15) is 9.59 Å². The maximum Gasteiger partial charge on any atom is 0.329 e. The molecule has 0 fully saturated rings. The van der Waals surface area contributed by atoms with Crippen LogP contribution in [-0.2, 0) is 23.8 Å². The van der Waals surface area contributed by atoms with Crippen LogP contribution in [0.1, 0.15) is 19.4 Å². The average molecular weight is 367 g/mol. The van der Waals surface area contributed by atoms with E-state index < -0.39 is 0 Å². The van der Waals surface area contributed by atoms with Crippen LogP contribution >= 0.6 is 0 Å². The van der Waals surface area contributed by atoms with E-state index in [1.807, 2.05) is 48.5 Å². The highest BCUT2D eigenvalue weighted by Crippen LogP contribution is 2.24. The molecule has 1 N–H and O–H groups in total. The minimum atomic E-state index is -0.244. The van der Waals surface area contributed by atoms with Crippen LogP contribution in [0.15, 0.2) is 53.3 Å². The number of hydrogen-bond acceptors (Lipinski definition) is 3. The minimum absolute atomic E-state index is 0.00111. The van der Waals surface area contributed by atoms with Gasteiger partial charge in [-0.3, -0.25) is 13.9 Å². The van der Waals surface area contributed by atoms with Crippen LogP contribution in [0.4, 0.5) is 0 Å². The monoisotopic (exact) mass is 367 g/mol. The zero-order valence-electron chi connectivity index (χ0n) is 16.2. The number of methoxy groups -OCH3 is 1. The van der Waals surface area contributed by atoms with Gasteiger partial charge in [-0.15, -0.1) is 0 Å². The summed E-state index contributed by atoms with van der Waals surface area (Å²) in [5.41, 5.74) is 2.24. The molecule has 27 heavy (non-hydrogen) atoms. The standard InChI is InChI=1S/C21H25N3O3/c1-21(2,15-9-11-16(27-4)12-10-15)14-22-19(25)13-24-18-8-6-5-7-17(18)23(3)20(24)26/h5-12H,13-14H2,1-4H3,(H,22,25).